The zero-order chi connectivity index (χ0) is 22.9. The molecule has 176 valence electrons. The minimum absolute atomic E-state index is 0.0681. The van der Waals surface area contributed by atoms with Crippen LogP contribution in [0.5, 0.6) is 0 Å². The van der Waals surface area contributed by atoms with Gasteiger partial charge in [0.1, 0.15) is 5.82 Å². The third-order valence-electron chi connectivity index (χ3n) is 7.84. The van der Waals surface area contributed by atoms with E-state index in [-0.39, 0.29) is 41.1 Å². The van der Waals surface area contributed by atoms with Gasteiger partial charge in [-0.2, -0.15) is 0 Å². The Labute approximate surface area is 190 Å². The van der Waals surface area contributed by atoms with E-state index in [0.717, 1.165) is 57.3 Å². The van der Waals surface area contributed by atoms with E-state index >= 15 is 0 Å². The van der Waals surface area contributed by atoms with E-state index in [1.807, 2.05) is 12.1 Å². The standard InChI is InChI=1S/C25H36FN3O3/c1-17(2)21-14-25(16-32-23(21)18-4-6-20(26)7-5-18)10-3-11-29(25)22(30)15-28-12-8-19(9-13-28)24(27)31/h4-7,17,19,21,23H,3,8-16H2,1-2H3,(H2,27,31)/t21-,23-,25-/m0/s1. The van der Waals surface area contributed by atoms with Crippen LogP contribution in [-0.2, 0) is 14.3 Å². The molecule has 6 nitrogen and oxygen atoms in total. The lowest BCUT2D eigenvalue weighted by atomic mass is 9.74. The lowest BCUT2D eigenvalue weighted by Gasteiger charge is -2.49. The lowest BCUT2D eigenvalue weighted by Crippen LogP contribution is -2.57. The van der Waals surface area contributed by atoms with Crippen molar-refractivity contribution in [2.75, 3.05) is 32.8 Å². The SMILES string of the molecule is CC(C)[C@@H]1C[C@@]2(CCCN2C(=O)CN2CCC(C(N)=O)CC2)CO[C@H]1c1ccc(F)cc1. The van der Waals surface area contributed by atoms with Gasteiger partial charge in [-0.1, -0.05) is 26.0 Å². The molecule has 1 aromatic rings. The van der Waals surface area contributed by atoms with Crippen LogP contribution in [0.25, 0.3) is 0 Å². The molecule has 3 fully saturated rings. The van der Waals surface area contributed by atoms with E-state index in [9.17, 15) is 14.0 Å². The maximum Gasteiger partial charge on any atom is 0.237 e. The first-order valence-corrected chi connectivity index (χ1v) is 12.0. The molecule has 1 spiro atoms. The molecular formula is C25H36FN3O3. The molecule has 0 saturated carbocycles. The van der Waals surface area contributed by atoms with Crippen molar-refractivity contribution >= 4 is 11.8 Å². The minimum Gasteiger partial charge on any atom is -0.371 e. The van der Waals surface area contributed by atoms with E-state index in [2.05, 4.69) is 23.6 Å². The molecule has 0 aromatic heterocycles. The summed E-state index contributed by atoms with van der Waals surface area (Å²) in [6, 6.07) is 6.63. The van der Waals surface area contributed by atoms with Gasteiger partial charge >= 0.3 is 0 Å². The van der Waals surface area contributed by atoms with Gasteiger partial charge in [0.05, 0.1) is 24.8 Å². The van der Waals surface area contributed by atoms with E-state index in [1.165, 1.54) is 12.1 Å². The largest absolute Gasteiger partial charge is 0.371 e. The van der Waals surface area contributed by atoms with Gasteiger partial charge in [-0.05, 0) is 74.7 Å². The van der Waals surface area contributed by atoms with Gasteiger partial charge in [0, 0.05) is 12.5 Å². The Morgan fingerprint density at radius 2 is 1.88 bits per heavy atom. The molecule has 3 atom stereocenters. The van der Waals surface area contributed by atoms with Crippen molar-refractivity contribution in [3.8, 4) is 0 Å². The molecule has 7 heteroatoms. The molecule has 3 aliphatic heterocycles. The Morgan fingerprint density at radius 1 is 1.19 bits per heavy atom. The molecule has 2 amide bonds. The number of piperidine rings is 1. The lowest BCUT2D eigenvalue weighted by molar-refractivity contribution is -0.154. The zero-order valence-electron chi connectivity index (χ0n) is 19.3. The van der Waals surface area contributed by atoms with E-state index in [1.54, 1.807) is 0 Å². The highest BCUT2D eigenvalue weighted by molar-refractivity contribution is 5.80. The third-order valence-corrected chi connectivity index (χ3v) is 7.84. The molecule has 3 heterocycles. The summed E-state index contributed by atoms with van der Waals surface area (Å²) < 4.78 is 19.9. The summed E-state index contributed by atoms with van der Waals surface area (Å²) >= 11 is 0. The summed E-state index contributed by atoms with van der Waals surface area (Å²) in [6.45, 7) is 7.55. The van der Waals surface area contributed by atoms with Crippen molar-refractivity contribution < 1.29 is 18.7 Å². The number of rotatable bonds is 5. The van der Waals surface area contributed by atoms with Crippen LogP contribution in [0.15, 0.2) is 24.3 Å². The fourth-order valence-electron chi connectivity index (χ4n) is 5.90. The Balaban J connectivity index is 1.44. The number of nitrogens with two attached hydrogens (primary N) is 1. The number of ether oxygens (including phenoxy) is 1. The van der Waals surface area contributed by atoms with E-state index in [4.69, 9.17) is 10.5 Å². The Kier molecular flexibility index (Phi) is 6.86. The number of amides is 2. The quantitative estimate of drug-likeness (QED) is 0.756. The Hall–Kier alpha value is -1.99. The second kappa shape index (κ2) is 9.48. The van der Waals surface area contributed by atoms with Crippen LogP contribution in [-0.4, -0.2) is 59.9 Å². The topological polar surface area (TPSA) is 75.9 Å². The van der Waals surface area contributed by atoms with E-state index < -0.39 is 0 Å². The van der Waals surface area contributed by atoms with Gasteiger partial charge in [0.25, 0.3) is 0 Å². The van der Waals surface area contributed by atoms with Crippen molar-refractivity contribution in [3.05, 3.63) is 35.6 Å². The van der Waals surface area contributed by atoms with Crippen molar-refractivity contribution in [2.45, 2.75) is 57.6 Å². The van der Waals surface area contributed by atoms with Gasteiger partial charge in [0.15, 0.2) is 0 Å². The molecule has 0 radical (unpaired) electrons. The van der Waals surface area contributed by atoms with Gasteiger partial charge in [-0.3, -0.25) is 14.5 Å². The molecule has 0 bridgehead atoms. The van der Waals surface area contributed by atoms with Crippen LogP contribution in [0, 0.1) is 23.6 Å². The highest BCUT2D eigenvalue weighted by Crippen LogP contribution is 2.47. The van der Waals surface area contributed by atoms with Crippen molar-refractivity contribution in [3.63, 3.8) is 0 Å². The average molecular weight is 446 g/mol. The Morgan fingerprint density at radius 3 is 2.50 bits per heavy atom. The highest BCUT2D eigenvalue weighted by Gasteiger charge is 2.50. The Bertz CT molecular complexity index is 822. The molecule has 3 aliphatic rings. The van der Waals surface area contributed by atoms with Crippen LogP contribution in [0.2, 0.25) is 0 Å². The number of hydrogen-bond acceptors (Lipinski definition) is 4. The number of nitrogens with zero attached hydrogens (tertiary/aromatic N) is 2. The predicted molar refractivity (Wildman–Crippen MR) is 120 cm³/mol. The predicted octanol–water partition coefficient (Wildman–Crippen LogP) is 3.12. The van der Waals surface area contributed by atoms with Gasteiger partial charge in [-0.25, -0.2) is 4.39 Å². The average Bonchev–Trinajstić information content (AvgIpc) is 3.17. The number of carbonyl (C=O) groups excluding carboxylic acids is 2. The number of likely N-dealkylation sites (tertiary alicyclic amines) is 2. The van der Waals surface area contributed by atoms with Gasteiger partial charge in [-0.15, -0.1) is 0 Å². The minimum atomic E-state index is -0.256. The first-order valence-electron chi connectivity index (χ1n) is 12.0. The fraction of sp³-hybridized carbons (Fsp3) is 0.680. The van der Waals surface area contributed by atoms with Crippen LogP contribution < -0.4 is 5.73 Å². The maximum absolute atomic E-state index is 13.4. The second-order valence-electron chi connectivity index (χ2n) is 10.2. The molecule has 0 unspecified atom stereocenters. The number of carbonyl (C=O) groups is 2. The van der Waals surface area contributed by atoms with Crippen LogP contribution >= 0.6 is 0 Å². The second-order valence-corrected chi connectivity index (χ2v) is 10.2. The number of primary amides is 1. The van der Waals surface area contributed by atoms with Crippen molar-refractivity contribution in [1.82, 2.24) is 9.80 Å². The molecule has 4 rings (SSSR count). The summed E-state index contributed by atoms with van der Waals surface area (Å²) in [6.07, 6.45) is 4.23. The maximum atomic E-state index is 13.4. The third kappa shape index (κ3) is 4.69. The van der Waals surface area contributed by atoms with Crippen LogP contribution in [0.3, 0.4) is 0 Å². The first-order chi connectivity index (χ1) is 15.3. The smallest absolute Gasteiger partial charge is 0.237 e. The van der Waals surface area contributed by atoms with Crippen molar-refractivity contribution in [2.24, 2.45) is 23.5 Å². The van der Waals surface area contributed by atoms with Crippen molar-refractivity contribution in [1.29, 1.82) is 0 Å². The molecule has 3 saturated heterocycles. The van der Waals surface area contributed by atoms with Gasteiger partial charge in [0.2, 0.25) is 11.8 Å². The first kappa shape index (κ1) is 23.2. The van der Waals surface area contributed by atoms with Crippen LogP contribution in [0.1, 0.15) is 57.6 Å². The number of benzene rings is 1. The molecule has 32 heavy (non-hydrogen) atoms. The summed E-state index contributed by atoms with van der Waals surface area (Å²) in [5.74, 6) is 0.258. The number of halogens is 1. The fourth-order valence-corrected chi connectivity index (χ4v) is 5.90. The van der Waals surface area contributed by atoms with E-state index in [0.29, 0.717) is 19.1 Å². The van der Waals surface area contributed by atoms with Gasteiger partial charge < -0.3 is 15.4 Å². The summed E-state index contributed by atoms with van der Waals surface area (Å²) in [5.41, 5.74) is 6.19. The normalized spacial score (nSPS) is 29.7. The molecule has 1 aromatic carbocycles. The zero-order valence-corrected chi connectivity index (χ0v) is 19.3. The van der Waals surface area contributed by atoms with Crippen LogP contribution in [0.4, 0.5) is 4.39 Å². The summed E-state index contributed by atoms with van der Waals surface area (Å²) in [4.78, 5) is 29.0. The number of hydrogen-bond donors (Lipinski definition) is 1. The highest BCUT2D eigenvalue weighted by atomic mass is 19.1. The molecule has 2 N–H and O–H groups in total. The molecule has 0 aliphatic carbocycles. The summed E-state index contributed by atoms with van der Waals surface area (Å²) in [7, 11) is 0. The monoisotopic (exact) mass is 445 g/mol. The molecular weight excluding hydrogens is 409 g/mol. The summed E-state index contributed by atoms with van der Waals surface area (Å²) in [5, 5.41) is 0.